The van der Waals surface area contributed by atoms with Crippen molar-refractivity contribution in [2.45, 2.75) is 39.5 Å². The van der Waals surface area contributed by atoms with Crippen molar-refractivity contribution in [2.75, 3.05) is 17.8 Å². The molecule has 1 aromatic carbocycles. The van der Waals surface area contributed by atoms with Gasteiger partial charge in [-0.3, -0.25) is 9.78 Å². The minimum Gasteiger partial charge on any atom is -0.497 e. The molecule has 1 N–H and O–H groups in total. The van der Waals surface area contributed by atoms with E-state index < -0.39 is 0 Å². The Hall–Kier alpha value is -1.62. The normalized spacial score (nSPS) is 10.8. The zero-order valence-electron chi connectivity index (χ0n) is 13.9. The van der Waals surface area contributed by atoms with Gasteiger partial charge in [0.1, 0.15) is 5.75 Å². The van der Waals surface area contributed by atoms with Gasteiger partial charge < -0.3 is 10.1 Å². The molecular weight excluding hydrogens is 356 g/mol. The number of halogens is 1. The van der Waals surface area contributed by atoms with E-state index in [1.807, 2.05) is 32.0 Å². The number of carbonyl (C=O) groups is 1. The Labute approximate surface area is 145 Å². The molecule has 0 saturated heterocycles. The Balaban J connectivity index is 2.26. The van der Waals surface area contributed by atoms with Crippen LogP contribution < -0.4 is 10.1 Å². The van der Waals surface area contributed by atoms with Crippen LogP contribution in [0.4, 0.5) is 5.69 Å². The maximum absolute atomic E-state index is 12.2. The molecule has 2 aromatic rings. The van der Waals surface area contributed by atoms with E-state index in [0.717, 1.165) is 58.2 Å². The summed E-state index contributed by atoms with van der Waals surface area (Å²) >= 11 is 3.40. The number of unbranched alkanes of at least 4 members (excludes halogenated alkanes) is 2. The fraction of sp³-hybridized carbons (Fsp3) is 0.444. The number of fused-ring (bicyclic) bond motifs is 1. The third-order valence-electron chi connectivity index (χ3n) is 3.77. The molecule has 0 aliphatic heterocycles. The van der Waals surface area contributed by atoms with Gasteiger partial charge in [-0.2, -0.15) is 0 Å². The highest BCUT2D eigenvalue weighted by molar-refractivity contribution is 9.09. The summed E-state index contributed by atoms with van der Waals surface area (Å²) in [6.45, 7) is 4.00. The molecule has 0 spiro atoms. The topological polar surface area (TPSA) is 51.2 Å². The molecule has 0 fully saturated rings. The zero-order chi connectivity index (χ0) is 16.8. The zero-order valence-corrected chi connectivity index (χ0v) is 15.5. The second-order valence-electron chi connectivity index (χ2n) is 5.70. The van der Waals surface area contributed by atoms with Crippen molar-refractivity contribution in [3.8, 4) is 5.75 Å². The fourth-order valence-corrected chi connectivity index (χ4v) is 3.01. The highest BCUT2D eigenvalue weighted by atomic mass is 79.9. The molecule has 23 heavy (non-hydrogen) atoms. The van der Waals surface area contributed by atoms with Gasteiger partial charge in [0.05, 0.1) is 18.3 Å². The maximum Gasteiger partial charge on any atom is 0.224 e. The van der Waals surface area contributed by atoms with E-state index in [2.05, 4.69) is 26.2 Å². The number of ether oxygens (including phenoxy) is 1. The van der Waals surface area contributed by atoms with Crippen LogP contribution in [0, 0.1) is 13.8 Å². The average Bonchev–Trinajstić information content (AvgIpc) is 2.52. The number of hydrogen-bond donors (Lipinski definition) is 1. The van der Waals surface area contributed by atoms with Gasteiger partial charge in [-0.15, -0.1) is 0 Å². The molecule has 124 valence electrons. The first-order chi connectivity index (χ1) is 11.0. The first-order valence-corrected chi connectivity index (χ1v) is 8.99. The SMILES string of the molecule is COc1cc(NC(=O)CCCCCBr)c2nc(C)cc(C)c2c1. The van der Waals surface area contributed by atoms with Crippen LogP contribution in [0.15, 0.2) is 18.2 Å². The summed E-state index contributed by atoms with van der Waals surface area (Å²) < 4.78 is 5.36. The maximum atomic E-state index is 12.2. The van der Waals surface area contributed by atoms with Crippen LogP contribution in [0.3, 0.4) is 0 Å². The van der Waals surface area contributed by atoms with E-state index in [0.29, 0.717) is 6.42 Å². The molecule has 1 aromatic heterocycles. The second-order valence-corrected chi connectivity index (χ2v) is 6.49. The highest BCUT2D eigenvalue weighted by Crippen LogP contribution is 2.30. The third-order valence-corrected chi connectivity index (χ3v) is 4.33. The van der Waals surface area contributed by atoms with Gasteiger partial charge in [0.25, 0.3) is 0 Å². The third kappa shape index (κ3) is 4.67. The summed E-state index contributed by atoms with van der Waals surface area (Å²) in [4.78, 5) is 16.8. The number of rotatable bonds is 7. The van der Waals surface area contributed by atoms with Crippen LogP contribution in [-0.2, 0) is 4.79 Å². The first-order valence-electron chi connectivity index (χ1n) is 7.87. The summed E-state index contributed by atoms with van der Waals surface area (Å²) in [6, 6.07) is 5.83. The number of nitrogens with one attached hydrogen (secondary N) is 1. The van der Waals surface area contributed by atoms with Gasteiger partial charge in [-0.1, -0.05) is 22.4 Å². The lowest BCUT2D eigenvalue weighted by Crippen LogP contribution is -2.12. The van der Waals surface area contributed by atoms with E-state index in [9.17, 15) is 4.79 Å². The number of pyridine rings is 1. The number of nitrogens with zero attached hydrogens (tertiary/aromatic N) is 1. The number of aryl methyl sites for hydroxylation is 2. The van der Waals surface area contributed by atoms with E-state index in [-0.39, 0.29) is 5.91 Å². The molecule has 5 heteroatoms. The Kier molecular flexibility index (Phi) is 6.39. The molecule has 0 atom stereocenters. The van der Waals surface area contributed by atoms with Gasteiger partial charge >= 0.3 is 0 Å². The van der Waals surface area contributed by atoms with Gasteiger partial charge in [0.2, 0.25) is 5.91 Å². The summed E-state index contributed by atoms with van der Waals surface area (Å²) in [6.07, 6.45) is 3.56. The van der Waals surface area contributed by atoms with Crippen molar-refractivity contribution >= 4 is 38.4 Å². The molecule has 4 nitrogen and oxygen atoms in total. The lowest BCUT2D eigenvalue weighted by Gasteiger charge is -2.13. The van der Waals surface area contributed by atoms with Crippen LogP contribution >= 0.6 is 15.9 Å². The molecule has 2 rings (SSSR count). The molecule has 0 radical (unpaired) electrons. The van der Waals surface area contributed by atoms with Gasteiger partial charge in [-0.05, 0) is 44.4 Å². The number of benzene rings is 1. The van der Waals surface area contributed by atoms with Crippen molar-refractivity contribution in [3.05, 3.63) is 29.5 Å². The summed E-state index contributed by atoms with van der Waals surface area (Å²) in [5.74, 6) is 0.746. The van der Waals surface area contributed by atoms with E-state index in [1.54, 1.807) is 7.11 Å². The van der Waals surface area contributed by atoms with Crippen molar-refractivity contribution in [1.82, 2.24) is 4.98 Å². The van der Waals surface area contributed by atoms with Crippen LogP contribution in [-0.4, -0.2) is 23.3 Å². The number of amides is 1. The van der Waals surface area contributed by atoms with E-state index >= 15 is 0 Å². The molecule has 1 heterocycles. The average molecular weight is 379 g/mol. The summed E-state index contributed by atoms with van der Waals surface area (Å²) in [7, 11) is 1.63. The number of methoxy groups -OCH3 is 1. The smallest absolute Gasteiger partial charge is 0.224 e. The van der Waals surface area contributed by atoms with Crippen molar-refractivity contribution in [1.29, 1.82) is 0 Å². The number of carbonyl (C=O) groups excluding carboxylic acids is 1. The van der Waals surface area contributed by atoms with E-state index in [4.69, 9.17) is 4.74 Å². The first kappa shape index (κ1) is 17.7. The van der Waals surface area contributed by atoms with Crippen LogP contribution in [0.1, 0.15) is 36.9 Å². The number of alkyl halides is 1. The minimum absolute atomic E-state index is 0.0232. The monoisotopic (exact) mass is 378 g/mol. The second kappa shape index (κ2) is 8.29. The van der Waals surface area contributed by atoms with Gasteiger partial charge in [-0.25, -0.2) is 0 Å². The van der Waals surface area contributed by atoms with Crippen LogP contribution in [0.2, 0.25) is 0 Å². The molecule has 0 aliphatic rings. The quantitative estimate of drug-likeness (QED) is 0.558. The summed E-state index contributed by atoms with van der Waals surface area (Å²) in [5.41, 5.74) is 3.60. The van der Waals surface area contributed by atoms with Gasteiger partial charge in [0.15, 0.2) is 0 Å². The number of hydrogen-bond acceptors (Lipinski definition) is 3. The summed E-state index contributed by atoms with van der Waals surface area (Å²) in [5, 5.41) is 4.99. The van der Waals surface area contributed by atoms with Crippen molar-refractivity contribution < 1.29 is 9.53 Å². The Morgan fingerprint density at radius 1 is 1.22 bits per heavy atom. The Morgan fingerprint density at radius 3 is 2.70 bits per heavy atom. The molecule has 0 unspecified atom stereocenters. The van der Waals surface area contributed by atoms with Crippen molar-refractivity contribution in [3.63, 3.8) is 0 Å². The number of anilines is 1. The van der Waals surface area contributed by atoms with Crippen LogP contribution in [0.5, 0.6) is 5.75 Å². The largest absolute Gasteiger partial charge is 0.497 e. The Bertz CT molecular complexity index is 701. The molecule has 0 aliphatic carbocycles. The highest BCUT2D eigenvalue weighted by Gasteiger charge is 2.11. The predicted octanol–water partition coefficient (Wildman–Crippen LogP) is 4.75. The Morgan fingerprint density at radius 2 is 2.00 bits per heavy atom. The standard InChI is InChI=1S/C18H23BrN2O2/c1-12-9-13(2)20-18-15(12)10-14(23-3)11-16(18)21-17(22)7-5-4-6-8-19/h9-11H,4-8H2,1-3H3,(H,21,22). The lowest BCUT2D eigenvalue weighted by molar-refractivity contribution is -0.116. The molecule has 0 bridgehead atoms. The fourth-order valence-electron chi connectivity index (χ4n) is 2.61. The van der Waals surface area contributed by atoms with Gasteiger partial charge in [0, 0.05) is 28.9 Å². The molecule has 0 saturated carbocycles. The minimum atomic E-state index is 0.0232. The van der Waals surface area contributed by atoms with E-state index in [1.165, 1.54) is 0 Å². The lowest BCUT2D eigenvalue weighted by atomic mass is 10.1. The molecule has 1 amide bonds. The molecular formula is C18H23BrN2O2. The van der Waals surface area contributed by atoms with Crippen LogP contribution in [0.25, 0.3) is 10.9 Å². The van der Waals surface area contributed by atoms with Crippen molar-refractivity contribution in [2.24, 2.45) is 0 Å². The predicted molar refractivity (Wildman–Crippen MR) is 98.7 cm³/mol. The number of aromatic nitrogens is 1.